The Bertz CT molecular complexity index is 540. The second-order valence-corrected chi connectivity index (χ2v) is 4.93. The van der Waals surface area contributed by atoms with Crippen molar-refractivity contribution >= 4 is 17.6 Å². The van der Waals surface area contributed by atoms with Crippen molar-refractivity contribution in [2.75, 3.05) is 25.0 Å². The Labute approximate surface area is 115 Å². The number of hydrogen-bond acceptors (Lipinski definition) is 5. The molecule has 7 heteroatoms. The first-order valence-electron chi connectivity index (χ1n) is 6.10. The lowest BCUT2D eigenvalue weighted by Gasteiger charge is -2.38. The number of anilines is 1. The van der Waals surface area contributed by atoms with Gasteiger partial charge in [-0.05, 0) is 25.1 Å². The maximum Gasteiger partial charge on any atom is 0.335 e. The molecule has 0 bridgehead atoms. The molecule has 1 aliphatic rings. The van der Waals surface area contributed by atoms with Gasteiger partial charge in [-0.1, -0.05) is 0 Å². The van der Waals surface area contributed by atoms with Crippen LogP contribution in [0.5, 0.6) is 5.75 Å². The summed E-state index contributed by atoms with van der Waals surface area (Å²) < 4.78 is 5.44. The summed E-state index contributed by atoms with van der Waals surface area (Å²) >= 11 is 0. The van der Waals surface area contributed by atoms with Crippen LogP contribution >= 0.6 is 0 Å². The zero-order valence-corrected chi connectivity index (χ0v) is 11.0. The quantitative estimate of drug-likeness (QED) is 0.582. The molecule has 1 aromatic carbocycles. The third-order valence-electron chi connectivity index (χ3n) is 3.07. The number of phenolic OH excluding ortho intramolecular Hbond substituents is 1. The Morgan fingerprint density at radius 3 is 2.70 bits per heavy atom. The molecule has 1 fully saturated rings. The van der Waals surface area contributed by atoms with Crippen molar-refractivity contribution in [2.24, 2.45) is 0 Å². The molecule has 0 aromatic heterocycles. The van der Waals surface area contributed by atoms with E-state index in [9.17, 15) is 14.7 Å². The summed E-state index contributed by atoms with van der Waals surface area (Å²) in [7, 11) is 0. The highest BCUT2D eigenvalue weighted by molar-refractivity contribution is 5.96. The first-order chi connectivity index (χ1) is 9.39. The van der Waals surface area contributed by atoms with Crippen LogP contribution in [0.4, 0.5) is 5.69 Å². The molecule has 4 N–H and O–H groups in total. The van der Waals surface area contributed by atoms with Gasteiger partial charge < -0.3 is 25.6 Å². The van der Waals surface area contributed by atoms with Crippen molar-refractivity contribution in [1.82, 2.24) is 5.32 Å². The molecule has 0 unspecified atom stereocenters. The maximum atomic E-state index is 11.7. The molecule has 1 saturated heterocycles. The fraction of sp³-hybridized carbons (Fsp3) is 0.385. The van der Waals surface area contributed by atoms with Gasteiger partial charge in [0.25, 0.3) is 5.91 Å². The van der Waals surface area contributed by atoms with Crippen LogP contribution in [0.1, 0.15) is 17.3 Å². The van der Waals surface area contributed by atoms with Gasteiger partial charge in [0.1, 0.15) is 12.4 Å². The first-order valence-corrected chi connectivity index (χ1v) is 6.10. The summed E-state index contributed by atoms with van der Waals surface area (Å²) in [5.74, 6) is -1.78. The molecule has 7 nitrogen and oxygen atoms in total. The highest BCUT2D eigenvalue weighted by Crippen LogP contribution is 2.24. The number of carbonyl (C=O) groups excluding carboxylic acids is 1. The van der Waals surface area contributed by atoms with E-state index in [-0.39, 0.29) is 29.2 Å². The number of ether oxygens (including phenoxy) is 1. The van der Waals surface area contributed by atoms with Crippen LogP contribution in [0.2, 0.25) is 0 Å². The lowest BCUT2D eigenvalue weighted by Crippen LogP contribution is -2.59. The predicted octanol–water partition coefficient (Wildman–Crippen LogP) is 0.407. The SMILES string of the molecule is CC1(OCC(=O)Nc2cc(C(=O)O)ccc2O)CNC1. The number of benzene rings is 1. The zero-order chi connectivity index (χ0) is 14.8. The van der Waals surface area contributed by atoms with E-state index < -0.39 is 11.9 Å². The van der Waals surface area contributed by atoms with E-state index in [4.69, 9.17) is 9.84 Å². The molecule has 1 aliphatic heterocycles. The number of rotatable bonds is 5. The molecule has 1 amide bonds. The lowest BCUT2D eigenvalue weighted by atomic mass is 10.0. The number of carboxylic acids is 1. The molecule has 108 valence electrons. The first kappa shape index (κ1) is 14.3. The van der Waals surface area contributed by atoms with E-state index >= 15 is 0 Å². The average Bonchev–Trinajstić information content (AvgIpc) is 2.36. The molecule has 0 aliphatic carbocycles. The monoisotopic (exact) mass is 280 g/mol. The van der Waals surface area contributed by atoms with Gasteiger partial charge in [0.05, 0.1) is 16.9 Å². The number of phenols is 1. The molecule has 0 atom stereocenters. The fourth-order valence-electron chi connectivity index (χ4n) is 1.77. The summed E-state index contributed by atoms with van der Waals surface area (Å²) in [6.07, 6.45) is 0. The Morgan fingerprint density at radius 2 is 2.15 bits per heavy atom. The van der Waals surface area contributed by atoms with Gasteiger partial charge in [0.15, 0.2) is 0 Å². The second-order valence-electron chi connectivity index (χ2n) is 4.93. The molecular formula is C13H16N2O5. The summed E-state index contributed by atoms with van der Waals surface area (Å²) in [5.41, 5.74) is -0.313. The number of nitrogens with one attached hydrogen (secondary N) is 2. The van der Waals surface area contributed by atoms with E-state index in [1.165, 1.54) is 18.2 Å². The standard InChI is InChI=1S/C13H16N2O5/c1-13(6-14-7-13)20-5-11(17)15-9-4-8(12(18)19)2-3-10(9)16/h2-4,14,16H,5-7H2,1H3,(H,15,17)(H,18,19). The van der Waals surface area contributed by atoms with E-state index in [2.05, 4.69) is 10.6 Å². The van der Waals surface area contributed by atoms with Gasteiger partial charge in [-0.2, -0.15) is 0 Å². The van der Waals surface area contributed by atoms with Gasteiger partial charge in [-0.25, -0.2) is 4.79 Å². The Kier molecular flexibility index (Phi) is 3.91. The second kappa shape index (κ2) is 5.48. The maximum absolute atomic E-state index is 11.7. The van der Waals surface area contributed by atoms with E-state index in [0.29, 0.717) is 13.1 Å². The zero-order valence-electron chi connectivity index (χ0n) is 11.0. The molecule has 1 heterocycles. The van der Waals surface area contributed by atoms with Crippen LogP contribution in [-0.2, 0) is 9.53 Å². The molecule has 0 spiro atoms. The summed E-state index contributed by atoms with van der Waals surface area (Å²) in [6, 6.07) is 3.67. The number of hydrogen-bond donors (Lipinski definition) is 4. The van der Waals surface area contributed by atoms with Crippen molar-refractivity contribution in [3.8, 4) is 5.75 Å². The Balaban J connectivity index is 1.96. The van der Waals surface area contributed by atoms with Crippen molar-refractivity contribution in [3.63, 3.8) is 0 Å². The molecule has 0 radical (unpaired) electrons. The van der Waals surface area contributed by atoms with E-state index in [1.54, 1.807) is 0 Å². The number of amides is 1. The van der Waals surface area contributed by atoms with Crippen molar-refractivity contribution in [2.45, 2.75) is 12.5 Å². The third kappa shape index (κ3) is 3.25. The number of aromatic carboxylic acids is 1. The normalized spacial score (nSPS) is 16.2. The van der Waals surface area contributed by atoms with Crippen LogP contribution in [0.3, 0.4) is 0 Å². The predicted molar refractivity (Wildman–Crippen MR) is 70.9 cm³/mol. The number of carbonyl (C=O) groups is 2. The Hall–Kier alpha value is -2.12. The smallest absolute Gasteiger partial charge is 0.335 e. The van der Waals surface area contributed by atoms with Gasteiger partial charge >= 0.3 is 5.97 Å². The topological polar surface area (TPSA) is 108 Å². The number of aromatic hydroxyl groups is 1. The van der Waals surface area contributed by atoms with Gasteiger partial charge in [-0.15, -0.1) is 0 Å². The van der Waals surface area contributed by atoms with Crippen molar-refractivity contribution in [1.29, 1.82) is 0 Å². The van der Waals surface area contributed by atoms with Crippen LogP contribution < -0.4 is 10.6 Å². The molecule has 2 rings (SSSR count). The van der Waals surface area contributed by atoms with Crippen molar-refractivity contribution in [3.05, 3.63) is 23.8 Å². The molecule has 1 aromatic rings. The summed E-state index contributed by atoms with van der Waals surface area (Å²) in [4.78, 5) is 22.5. The van der Waals surface area contributed by atoms with Crippen LogP contribution in [0.15, 0.2) is 18.2 Å². The highest BCUT2D eigenvalue weighted by Gasteiger charge is 2.33. The fourth-order valence-corrected chi connectivity index (χ4v) is 1.77. The minimum Gasteiger partial charge on any atom is -0.506 e. The van der Waals surface area contributed by atoms with Crippen LogP contribution in [0, 0.1) is 0 Å². The van der Waals surface area contributed by atoms with Crippen LogP contribution in [0.25, 0.3) is 0 Å². The third-order valence-corrected chi connectivity index (χ3v) is 3.07. The van der Waals surface area contributed by atoms with Crippen molar-refractivity contribution < 1.29 is 24.5 Å². The molecule has 0 saturated carbocycles. The minimum atomic E-state index is -1.13. The average molecular weight is 280 g/mol. The summed E-state index contributed by atoms with van der Waals surface area (Å²) in [5, 5.41) is 23.9. The largest absolute Gasteiger partial charge is 0.506 e. The van der Waals surface area contributed by atoms with E-state index in [0.717, 1.165) is 0 Å². The Morgan fingerprint density at radius 1 is 1.45 bits per heavy atom. The van der Waals surface area contributed by atoms with Crippen LogP contribution in [-0.4, -0.2) is 47.4 Å². The molecular weight excluding hydrogens is 264 g/mol. The molecule has 20 heavy (non-hydrogen) atoms. The van der Waals surface area contributed by atoms with Gasteiger partial charge in [0, 0.05) is 13.1 Å². The summed E-state index contributed by atoms with van der Waals surface area (Å²) in [6.45, 7) is 3.09. The lowest BCUT2D eigenvalue weighted by molar-refractivity contribution is -0.130. The van der Waals surface area contributed by atoms with Gasteiger partial charge in [-0.3, -0.25) is 4.79 Å². The van der Waals surface area contributed by atoms with E-state index in [1.807, 2.05) is 6.92 Å². The minimum absolute atomic E-state index is 0.0193. The number of carboxylic acid groups (broad SMARTS) is 1. The highest BCUT2D eigenvalue weighted by atomic mass is 16.5. The van der Waals surface area contributed by atoms with Gasteiger partial charge in [0.2, 0.25) is 0 Å².